The number of nitrogens with one attached hydrogen (secondary N) is 3. The maximum Gasteiger partial charge on any atom is 0.407 e. The van der Waals surface area contributed by atoms with E-state index in [2.05, 4.69) is 25.8 Å². The summed E-state index contributed by atoms with van der Waals surface area (Å²) in [6.07, 6.45) is 0.847. The van der Waals surface area contributed by atoms with Crippen LogP contribution in [0.5, 0.6) is 5.88 Å². The van der Waals surface area contributed by atoms with Crippen molar-refractivity contribution in [3.8, 4) is 5.88 Å². The predicted octanol–water partition coefficient (Wildman–Crippen LogP) is 3.86. The zero-order valence-corrected chi connectivity index (χ0v) is 16.3. The van der Waals surface area contributed by atoms with Crippen LogP contribution in [0.25, 0.3) is 0 Å². The highest BCUT2D eigenvalue weighted by Crippen LogP contribution is 2.38. The molecule has 0 spiro atoms. The molecule has 8 nitrogen and oxygen atoms in total. The molecule has 0 unspecified atom stereocenters. The number of anilines is 2. The summed E-state index contributed by atoms with van der Waals surface area (Å²) in [5.74, 6) is -3.83. The van der Waals surface area contributed by atoms with Crippen LogP contribution >= 0.6 is 0 Å². The second-order valence-electron chi connectivity index (χ2n) is 7.57. The van der Waals surface area contributed by atoms with E-state index in [9.17, 15) is 18.0 Å². The van der Waals surface area contributed by atoms with Crippen LogP contribution in [0.15, 0.2) is 18.3 Å². The van der Waals surface area contributed by atoms with Crippen LogP contribution in [-0.4, -0.2) is 45.9 Å². The summed E-state index contributed by atoms with van der Waals surface area (Å²) in [5.41, 5.74) is 0.772. The summed E-state index contributed by atoms with van der Waals surface area (Å²) in [4.78, 5) is 16.0. The maximum atomic E-state index is 14.9. The van der Waals surface area contributed by atoms with E-state index >= 15 is 0 Å². The van der Waals surface area contributed by atoms with Crippen molar-refractivity contribution in [3.05, 3.63) is 29.8 Å². The Bertz CT molecular complexity index is 923. The minimum atomic E-state index is -3.20. The number of nitrogens with zero attached hydrogens (tertiary/aromatic N) is 2. The molecule has 1 fully saturated rings. The van der Waals surface area contributed by atoms with Crippen LogP contribution in [0.1, 0.15) is 44.2 Å². The smallest absolute Gasteiger partial charge is 0.407 e. The standard InChI is InChI=1S/C19H22F3N5O3/c1-10-19(21,22)5-7-29-14-9-12(4-6-23-14)25-17-15(20)16(26-27-17)11-2-3-13(8-11)30-18(28)24-10/h4,6,9-11,13H,2-3,5,7-8H2,1H3,(H,24,28)(H2,25,26,27)/t10-,11+,13-/m1/s1. The second-order valence-corrected chi connectivity index (χ2v) is 7.57. The Hall–Kier alpha value is -2.98. The van der Waals surface area contributed by atoms with Gasteiger partial charge in [0.1, 0.15) is 6.10 Å². The Morgan fingerprint density at radius 2 is 2.13 bits per heavy atom. The van der Waals surface area contributed by atoms with Gasteiger partial charge >= 0.3 is 6.09 Å². The van der Waals surface area contributed by atoms with Crippen molar-refractivity contribution in [2.45, 2.75) is 56.6 Å². The molecule has 3 N–H and O–H groups in total. The minimum absolute atomic E-state index is 0.00531. The first kappa shape index (κ1) is 20.3. The lowest BCUT2D eigenvalue weighted by Crippen LogP contribution is -2.47. The SMILES string of the molecule is C[C@H]1NC(=O)O[C@@H]2CC[C@@H](C2)c2[nH]nc(c2F)Nc2ccnc(c2)OCCC1(F)F. The Morgan fingerprint density at radius 1 is 1.30 bits per heavy atom. The number of hydrogen-bond donors (Lipinski definition) is 3. The summed E-state index contributed by atoms with van der Waals surface area (Å²) >= 11 is 0. The number of fused-ring (bicyclic) bond motifs is 7. The molecule has 1 amide bonds. The van der Waals surface area contributed by atoms with Crippen LogP contribution in [-0.2, 0) is 4.74 Å². The molecule has 11 heteroatoms. The molecule has 3 heterocycles. The number of alkyl carbamates (subject to hydrolysis) is 1. The number of aromatic nitrogens is 3. The largest absolute Gasteiger partial charge is 0.477 e. The van der Waals surface area contributed by atoms with Gasteiger partial charge in [-0.25, -0.2) is 22.9 Å². The number of amides is 1. The minimum Gasteiger partial charge on any atom is -0.477 e. The number of alkyl halides is 2. The average molecular weight is 425 g/mol. The van der Waals surface area contributed by atoms with Gasteiger partial charge in [0.2, 0.25) is 5.88 Å². The molecule has 2 aromatic rings. The summed E-state index contributed by atoms with van der Waals surface area (Å²) in [5, 5.41) is 11.7. The van der Waals surface area contributed by atoms with Gasteiger partial charge in [0.15, 0.2) is 11.6 Å². The van der Waals surface area contributed by atoms with Crippen LogP contribution in [0.4, 0.5) is 29.5 Å². The topological polar surface area (TPSA) is 101 Å². The zero-order chi connectivity index (χ0) is 21.3. The van der Waals surface area contributed by atoms with E-state index in [0.29, 0.717) is 30.6 Å². The van der Waals surface area contributed by atoms with Crippen molar-refractivity contribution in [1.29, 1.82) is 0 Å². The van der Waals surface area contributed by atoms with Gasteiger partial charge in [0, 0.05) is 30.3 Å². The van der Waals surface area contributed by atoms with Crippen LogP contribution in [0.3, 0.4) is 0 Å². The van der Waals surface area contributed by atoms with Gasteiger partial charge < -0.3 is 20.1 Å². The van der Waals surface area contributed by atoms with Crippen LogP contribution < -0.4 is 15.4 Å². The molecule has 0 radical (unpaired) electrons. The summed E-state index contributed by atoms with van der Waals surface area (Å²) in [7, 11) is 0. The van der Waals surface area contributed by atoms with E-state index < -0.39 is 36.4 Å². The van der Waals surface area contributed by atoms with Crippen molar-refractivity contribution in [1.82, 2.24) is 20.5 Å². The highest BCUT2D eigenvalue weighted by molar-refractivity contribution is 5.68. The van der Waals surface area contributed by atoms with E-state index in [1.54, 1.807) is 6.07 Å². The van der Waals surface area contributed by atoms with E-state index in [4.69, 9.17) is 9.47 Å². The fraction of sp³-hybridized carbons (Fsp3) is 0.526. The number of halogens is 3. The molecule has 3 atom stereocenters. The first-order valence-electron chi connectivity index (χ1n) is 9.76. The molecular formula is C19H22F3N5O3. The molecule has 162 valence electrons. The number of rotatable bonds is 0. The van der Waals surface area contributed by atoms with Crippen molar-refractivity contribution >= 4 is 17.6 Å². The molecule has 30 heavy (non-hydrogen) atoms. The maximum absolute atomic E-state index is 14.9. The first-order valence-corrected chi connectivity index (χ1v) is 9.76. The van der Waals surface area contributed by atoms with Gasteiger partial charge in [-0.3, -0.25) is 5.10 Å². The summed E-state index contributed by atoms with van der Waals surface area (Å²) in [6.45, 7) is 0.886. The van der Waals surface area contributed by atoms with Crippen molar-refractivity contribution in [2.75, 3.05) is 11.9 Å². The summed E-state index contributed by atoms with van der Waals surface area (Å²) in [6, 6.07) is 1.61. The number of carbonyl (C=O) groups is 1. The lowest BCUT2D eigenvalue weighted by molar-refractivity contribution is -0.0485. The molecule has 2 aromatic heterocycles. The highest BCUT2D eigenvalue weighted by Gasteiger charge is 2.39. The fourth-order valence-corrected chi connectivity index (χ4v) is 3.68. The van der Waals surface area contributed by atoms with Crippen LogP contribution in [0.2, 0.25) is 0 Å². The van der Waals surface area contributed by atoms with Gasteiger partial charge in [-0.2, -0.15) is 5.10 Å². The molecule has 6 bridgehead atoms. The Labute approximate surface area is 170 Å². The molecular weight excluding hydrogens is 403 g/mol. The normalized spacial score (nSPS) is 26.4. The van der Waals surface area contributed by atoms with Gasteiger partial charge in [-0.15, -0.1) is 0 Å². The van der Waals surface area contributed by atoms with Gasteiger partial charge in [0.25, 0.3) is 5.92 Å². The molecule has 0 aromatic carbocycles. The number of H-pyrrole nitrogens is 1. The van der Waals surface area contributed by atoms with Gasteiger partial charge in [-0.05, 0) is 32.3 Å². The molecule has 1 saturated carbocycles. The first-order chi connectivity index (χ1) is 14.3. The molecule has 2 aliphatic rings. The fourth-order valence-electron chi connectivity index (χ4n) is 3.68. The molecule has 1 aliphatic carbocycles. The Morgan fingerprint density at radius 3 is 2.97 bits per heavy atom. The van der Waals surface area contributed by atoms with Crippen molar-refractivity contribution in [2.24, 2.45) is 0 Å². The molecule has 4 rings (SSSR count). The molecule has 1 aliphatic heterocycles. The third-order valence-electron chi connectivity index (χ3n) is 5.45. The Balaban J connectivity index is 1.60. The average Bonchev–Trinajstić information content (AvgIpc) is 3.28. The highest BCUT2D eigenvalue weighted by atomic mass is 19.3. The second kappa shape index (κ2) is 8.04. The number of pyridine rings is 1. The number of carbonyl (C=O) groups excluding carboxylic acids is 1. The summed E-state index contributed by atoms with van der Waals surface area (Å²) < 4.78 is 54.2. The van der Waals surface area contributed by atoms with E-state index in [1.807, 2.05) is 0 Å². The zero-order valence-electron chi connectivity index (χ0n) is 16.3. The van der Waals surface area contributed by atoms with E-state index in [-0.39, 0.29) is 24.2 Å². The van der Waals surface area contributed by atoms with Gasteiger partial charge in [0.05, 0.1) is 18.3 Å². The lowest BCUT2D eigenvalue weighted by atomic mass is 10.0. The van der Waals surface area contributed by atoms with Crippen LogP contribution in [0, 0.1) is 5.82 Å². The monoisotopic (exact) mass is 425 g/mol. The quantitative estimate of drug-likeness (QED) is 0.593. The number of ether oxygens (including phenoxy) is 2. The van der Waals surface area contributed by atoms with Crippen molar-refractivity contribution in [3.63, 3.8) is 0 Å². The third-order valence-corrected chi connectivity index (χ3v) is 5.45. The van der Waals surface area contributed by atoms with Crippen molar-refractivity contribution < 1.29 is 27.4 Å². The lowest BCUT2D eigenvalue weighted by Gasteiger charge is -2.25. The third kappa shape index (κ3) is 4.29. The molecule has 0 saturated heterocycles. The van der Waals surface area contributed by atoms with E-state index in [0.717, 1.165) is 0 Å². The Kier molecular flexibility index (Phi) is 5.44. The predicted molar refractivity (Wildman–Crippen MR) is 101 cm³/mol. The van der Waals surface area contributed by atoms with Gasteiger partial charge in [-0.1, -0.05) is 0 Å². The number of hydrogen-bond acceptors (Lipinski definition) is 6. The van der Waals surface area contributed by atoms with E-state index in [1.165, 1.54) is 19.2 Å². The number of aromatic amines is 1.